The second kappa shape index (κ2) is 8.64. The van der Waals surface area contributed by atoms with Crippen LogP contribution in [0, 0.1) is 5.82 Å². The van der Waals surface area contributed by atoms with Crippen LogP contribution in [0.3, 0.4) is 0 Å². The summed E-state index contributed by atoms with van der Waals surface area (Å²) in [4.78, 5) is 24.2. The topological polar surface area (TPSA) is 79.5 Å². The van der Waals surface area contributed by atoms with Gasteiger partial charge in [0.25, 0.3) is 5.91 Å². The van der Waals surface area contributed by atoms with E-state index in [9.17, 15) is 14.0 Å². The Balaban J connectivity index is 1.54. The molecule has 142 valence electrons. The molecule has 2 amide bonds. The van der Waals surface area contributed by atoms with E-state index >= 15 is 0 Å². The summed E-state index contributed by atoms with van der Waals surface area (Å²) in [6.45, 7) is 2.65. The highest BCUT2D eigenvalue weighted by molar-refractivity contribution is 5.97. The molecule has 0 fully saturated rings. The molecule has 0 aromatic heterocycles. The summed E-state index contributed by atoms with van der Waals surface area (Å²) in [6.07, 6.45) is 0.577. The molecular weight excluding hydrogens is 349 g/mol. The maximum absolute atomic E-state index is 14.6. The van der Waals surface area contributed by atoms with E-state index in [4.69, 9.17) is 4.74 Å². The molecule has 1 atom stereocenters. The molecule has 2 aromatic rings. The summed E-state index contributed by atoms with van der Waals surface area (Å²) in [5.74, 6) is -0.766. The molecule has 1 unspecified atom stereocenters. The number of carbonyl (C=O) groups is 2. The van der Waals surface area contributed by atoms with Crippen LogP contribution in [0.2, 0.25) is 0 Å². The highest BCUT2D eigenvalue weighted by atomic mass is 19.1. The Morgan fingerprint density at radius 3 is 2.78 bits per heavy atom. The van der Waals surface area contributed by atoms with Crippen LogP contribution in [0.15, 0.2) is 42.5 Å². The maximum Gasteiger partial charge on any atom is 0.258 e. The Labute approximate surface area is 157 Å². The number of halogens is 1. The molecule has 0 bridgehead atoms. The van der Waals surface area contributed by atoms with Crippen molar-refractivity contribution in [2.24, 2.45) is 0 Å². The zero-order valence-corrected chi connectivity index (χ0v) is 15.0. The van der Waals surface area contributed by atoms with Crippen molar-refractivity contribution in [3.8, 4) is 5.75 Å². The van der Waals surface area contributed by atoms with Crippen LogP contribution in [0.5, 0.6) is 5.75 Å². The molecule has 1 aliphatic rings. The summed E-state index contributed by atoms with van der Waals surface area (Å²) in [6, 6.07) is 11.4. The first-order chi connectivity index (χ1) is 13.0. The fourth-order valence-corrected chi connectivity index (χ4v) is 2.89. The van der Waals surface area contributed by atoms with E-state index in [-0.39, 0.29) is 12.3 Å². The van der Waals surface area contributed by atoms with Gasteiger partial charge in [0, 0.05) is 6.54 Å². The van der Waals surface area contributed by atoms with Crippen molar-refractivity contribution in [2.75, 3.05) is 18.5 Å². The van der Waals surface area contributed by atoms with Gasteiger partial charge in [0.15, 0.2) is 6.61 Å². The predicted octanol–water partition coefficient (Wildman–Crippen LogP) is 1.99. The SMILES string of the molecule is CC(NC(=O)COc1ccccc1)C(=O)Nc1ccc2c(c1F)CCNC2. The molecule has 7 heteroatoms. The second-order valence-corrected chi connectivity index (χ2v) is 6.37. The molecule has 0 saturated heterocycles. The summed E-state index contributed by atoms with van der Waals surface area (Å²) in [5.41, 5.74) is 1.65. The lowest BCUT2D eigenvalue weighted by Crippen LogP contribution is -2.43. The highest BCUT2D eigenvalue weighted by Crippen LogP contribution is 2.24. The van der Waals surface area contributed by atoms with Crippen molar-refractivity contribution in [3.63, 3.8) is 0 Å². The minimum atomic E-state index is -0.825. The summed E-state index contributed by atoms with van der Waals surface area (Å²) >= 11 is 0. The summed E-state index contributed by atoms with van der Waals surface area (Å²) < 4.78 is 19.9. The maximum atomic E-state index is 14.6. The van der Waals surface area contributed by atoms with Gasteiger partial charge in [-0.05, 0) is 49.2 Å². The third-order valence-corrected chi connectivity index (χ3v) is 4.35. The number of anilines is 1. The number of carbonyl (C=O) groups excluding carboxylic acids is 2. The number of hydrogen-bond acceptors (Lipinski definition) is 4. The average Bonchev–Trinajstić information content (AvgIpc) is 2.69. The second-order valence-electron chi connectivity index (χ2n) is 6.37. The Morgan fingerprint density at radius 1 is 1.22 bits per heavy atom. The van der Waals surface area contributed by atoms with E-state index in [0.29, 0.717) is 30.8 Å². The summed E-state index contributed by atoms with van der Waals surface area (Å²) in [7, 11) is 0. The molecule has 0 aliphatic carbocycles. The van der Waals surface area contributed by atoms with E-state index in [2.05, 4.69) is 16.0 Å². The summed E-state index contributed by atoms with van der Waals surface area (Å²) in [5, 5.41) is 8.27. The van der Waals surface area contributed by atoms with Gasteiger partial charge < -0.3 is 20.7 Å². The smallest absolute Gasteiger partial charge is 0.258 e. The van der Waals surface area contributed by atoms with Crippen LogP contribution in [-0.2, 0) is 22.6 Å². The first-order valence-corrected chi connectivity index (χ1v) is 8.83. The zero-order chi connectivity index (χ0) is 19.2. The first-order valence-electron chi connectivity index (χ1n) is 8.83. The number of fused-ring (bicyclic) bond motifs is 1. The van der Waals surface area contributed by atoms with Gasteiger partial charge >= 0.3 is 0 Å². The average molecular weight is 371 g/mol. The van der Waals surface area contributed by atoms with Crippen molar-refractivity contribution in [2.45, 2.75) is 25.9 Å². The third-order valence-electron chi connectivity index (χ3n) is 4.35. The van der Waals surface area contributed by atoms with E-state index < -0.39 is 23.7 Å². The number of benzene rings is 2. The van der Waals surface area contributed by atoms with Crippen molar-refractivity contribution < 1.29 is 18.7 Å². The van der Waals surface area contributed by atoms with Gasteiger partial charge in [-0.25, -0.2) is 4.39 Å². The van der Waals surface area contributed by atoms with E-state index in [0.717, 1.165) is 5.56 Å². The van der Waals surface area contributed by atoms with Gasteiger partial charge in [-0.1, -0.05) is 24.3 Å². The van der Waals surface area contributed by atoms with Crippen LogP contribution in [0.25, 0.3) is 0 Å². The molecule has 0 spiro atoms. The quantitative estimate of drug-likeness (QED) is 0.726. The van der Waals surface area contributed by atoms with Crippen molar-refractivity contribution in [3.05, 3.63) is 59.4 Å². The normalized spacial score (nSPS) is 14.0. The molecule has 0 radical (unpaired) electrons. The van der Waals surface area contributed by atoms with Crippen LogP contribution in [-0.4, -0.2) is 31.0 Å². The monoisotopic (exact) mass is 371 g/mol. The first kappa shape index (κ1) is 18.8. The largest absolute Gasteiger partial charge is 0.484 e. The van der Waals surface area contributed by atoms with Crippen LogP contribution >= 0.6 is 0 Å². The molecule has 6 nitrogen and oxygen atoms in total. The Morgan fingerprint density at radius 2 is 2.00 bits per heavy atom. The minimum Gasteiger partial charge on any atom is -0.484 e. The number of rotatable bonds is 6. The van der Waals surface area contributed by atoms with Gasteiger partial charge in [0.05, 0.1) is 5.69 Å². The van der Waals surface area contributed by atoms with Crippen molar-refractivity contribution in [1.29, 1.82) is 0 Å². The lowest BCUT2D eigenvalue weighted by Gasteiger charge is -2.20. The number of para-hydroxylation sites is 1. The zero-order valence-electron chi connectivity index (χ0n) is 15.0. The third kappa shape index (κ3) is 4.83. The van der Waals surface area contributed by atoms with E-state index in [1.165, 1.54) is 6.92 Å². The lowest BCUT2D eigenvalue weighted by atomic mass is 9.99. The molecule has 1 heterocycles. The number of nitrogens with one attached hydrogen (secondary N) is 3. The fourth-order valence-electron chi connectivity index (χ4n) is 2.89. The molecule has 1 aliphatic heterocycles. The Bertz CT molecular complexity index is 827. The number of ether oxygens (including phenoxy) is 1. The Hall–Kier alpha value is -2.93. The van der Waals surface area contributed by atoms with E-state index in [1.807, 2.05) is 6.07 Å². The van der Waals surface area contributed by atoms with Crippen LogP contribution < -0.4 is 20.7 Å². The van der Waals surface area contributed by atoms with Gasteiger partial charge in [-0.3, -0.25) is 9.59 Å². The highest BCUT2D eigenvalue weighted by Gasteiger charge is 2.20. The number of amides is 2. The van der Waals surface area contributed by atoms with Crippen molar-refractivity contribution in [1.82, 2.24) is 10.6 Å². The molecule has 3 N–H and O–H groups in total. The fraction of sp³-hybridized carbons (Fsp3) is 0.300. The lowest BCUT2D eigenvalue weighted by molar-refractivity contribution is -0.127. The Kier molecular flexibility index (Phi) is 6.03. The minimum absolute atomic E-state index is 0.127. The van der Waals surface area contributed by atoms with Crippen molar-refractivity contribution >= 4 is 17.5 Å². The van der Waals surface area contributed by atoms with Crippen LogP contribution in [0.1, 0.15) is 18.1 Å². The molecule has 2 aromatic carbocycles. The van der Waals surface area contributed by atoms with Gasteiger partial charge in [-0.15, -0.1) is 0 Å². The standard InChI is InChI=1S/C20H22FN3O3/c1-13(23-18(25)12-27-15-5-3-2-4-6-15)20(26)24-17-8-7-14-11-22-10-9-16(14)19(17)21/h2-8,13,22H,9-12H2,1H3,(H,23,25)(H,24,26). The van der Waals surface area contributed by atoms with Gasteiger partial charge in [-0.2, -0.15) is 0 Å². The van der Waals surface area contributed by atoms with Crippen LogP contribution in [0.4, 0.5) is 10.1 Å². The predicted molar refractivity (Wildman–Crippen MR) is 100.0 cm³/mol. The van der Waals surface area contributed by atoms with Gasteiger partial charge in [0.1, 0.15) is 17.6 Å². The molecule has 3 rings (SSSR count). The molecule has 0 saturated carbocycles. The molecular formula is C20H22FN3O3. The van der Waals surface area contributed by atoms with Gasteiger partial charge in [0.2, 0.25) is 5.91 Å². The van der Waals surface area contributed by atoms with E-state index in [1.54, 1.807) is 36.4 Å². The molecule has 27 heavy (non-hydrogen) atoms. The number of hydrogen-bond donors (Lipinski definition) is 3.